The molecule has 3 heterocycles. The molecule has 2 aromatic rings. The van der Waals surface area contributed by atoms with Gasteiger partial charge in [0.25, 0.3) is 5.91 Å². The lowest BCUT2D eigenvalue weighted by Gasteiger charge is -2.26. The summed E-state index contributed by atoms with van der Waals surface area (Å²) in [6.45, 7) is 1.89. The van der Waals surface area contributed by atoms with Crippen molar-refractivity contribution in [3.8, 4) is 0 Å². The first-order chi connectivity index (χ1) is 13.5. The van der Waals surface area contributed by atoms with Crippen LogP contribution in [0.15, 0.2) is 36.7 Å². The minimum atomic E-state index is -0.323. The van der Waals surface area contributed by atoms with E-state index < -0.39 is 0 Å². The summed E-state index contributed by atoms with van der Waals surface area (Å²) in [5.74, 6) is 0.631. The van der Waals surface area contributed by atoms with Crippen LogP contribution >= 0.6 is 0 Å². The average Bonchev–Trinajstić information content (AvgIpc) is 2.72. The van der Waals surface area contributed by atoms with Gasteiger partial charge >= 0.3 is 0 Å². The van der Waals surface area contributed by atoms with E-state index in [-0.39, 0.29) is 24.2 Å². The number of carbonyl (C=O) groups is 2. The molecule has 28 heavy (non-hydrogen) atoms. The SMILES string of the molecule is CN1CCCN(C)c2cccc(n2)CCCN(C(=O)c2ncccn2)CC1=O. The van der Waals surface area contributed by atoms with E-state index in [0.717, 1.165) is 30.9 Å². The van der Waals surface area contributed by atoms with Crippen LogP contribution in [0.25, 0.3) is 0 Å². The van der Waals surface area contributed by atoms with Gasteiger partial charge in [-0.05, 0) is 37.5 Å². The molecule has 0 saturated carbocycles. The van der Waals surface area contributed by atoms with Crippen LogP contribution in [0.3, 0.4) is 0 Å². The molecule has 2 bridgehead atoms. The topological polar surface area (TPSA) is 82.5 Å². The molecule has 0 fully saturated rings. The number of nitrogens with zero attached hydrogens (tertiary/aromatic N) is 6. The van der Waals surface area contributed by atoms with Crippen molar-refractivity contribution in [2.24, 2.45) is 0 Å². The van der Waals surface area contributed by atoms with Gasteiger partial charge in [0, 0.05) is 51.8 Å². The standard InChI is InChI=1S/C20H26N6O2/c1-24-12-6-13-25(2)18(27)15-26(20(28)19-21-10-5-11-22-19)14-4-8-16-7-3-9-17(24)23-16/h3,5,7,9-11H,4,6,8,12-15H2,1-2H3. The highest BCUT2D eigenvalue weighted by molar-refractivity contribution is 5.93. The monoisotopic (exact) mass is 382 g/mol. The predicted molar refractivity (Wildman–Crippen MR) is 106 cm³/mol. The van der Waals surface area contributed by atoms with Crippen LogP contribution < -0.4 is 4.90 Å². The van der Waals surface area contributed by atoms with E-state index in [1.54, 1.807) is 18.0 Å². The lowest BCUT2D eigenvalue weighted by atomic mass is 10.2. The highest BCUT2D eigenvalue weighted by Crippen LogP contribution is 2.13. The van der Waals surface area contributed by atoms with Crippen LogP contribution in [-0.4, -0.2) is 76.8 Å². The molecule has 0 aromatic carbocycles. The molecule has 8 nitrogen and oxygen atoms in total. The van der Waals surface area contributed by atoms with Crippen molar-refractivity contribution < 1.29 is 9.59 Å². The molecule has 0 unspecified atom stereocenters. The van der Waals surface area contributed by atoms with Crippen LogP contribution in [0.4, 0.5) is 5.82 Å². The Morgan fingerprint density at radius 1 is 0.964 bits per heavy atom. The first kappa shape index (κ1) is 19.7. The second-order valence-corrected chi connectivity index (χ2v) is 6.98. The van der Waals surface area contributed by atoms with Crippen molar-refractivity contribution in [3.05, 3.63) is 48.2 Å². The number of carbonyl (C=O) groups excluding carboxylic acids is 2. The third-order valence-electron chi connectivity index (χ3n) is 4.83. The second-order valence-electron chi connectivity index (χ2n) is 6.98. The van der Waals surface area contributed by atoms with E-state index in [1.165, 1.54) is 17.3 Å². The smallest absolute Gasteiger partial charge is 0.292 e. The van der Waals surface area contributed by atoms with E-state index >= 15 is 0 Å². The quantitative estimate of drug-likeness (QED) is 0.738. The molecule has 0 saturated heterocycles. The van der Waals surface area contributed by atoms with Gasteiger partial charge in [-0.25, -0.2) is 15.0 Å². The number of rotatable bonds is 1. The number of pyridine rings is 1. The van der Waals surface area contributed by atoms with Crippen molar-refractivity contribution in [3.63, 3.8) is 0 Å². The second kappa shape index (κ2) is 9.25. The molecule has 2 aromatic heterocycles. The highest BCUT2D eigenvalue weighted by atomic mass is 16.2. The third-order valence-corrected chi connectivity index (χ3v) is 4.83. The number of likely N-dealkylation sites (N-methyl/N-ethyl adjacent to an activating group) is 1. The van der Waals surface area contributed by atoms with E-state index in [0.29, 0.717) is 19.5 Å². The molecule has 1 aliphatic rings. The van der Waals surface area contributed by atoms with Gasteiger partial charge in [-0.3, -0.25) is 9.59 Å². The van der Waals surface area contributed by atoms with Gasteiger partial charge in [-0.1, -0.05) is 6.07 Å². The summed E-state index contributed by atoms with van der Waals surface area (Å²) in [5.41, 5.74) is 0.980. The summed E-state index contributed by atoms with van der Waals surface area (Å²) in [5, 5.41) is 0. The molecule has 0 atom stereocenters. The Bertz CT molecular complexity index is 813. The maximum atomic E-state index is 12.8. The molecule has 0 radical (unpaired) electrons. The zero-order valence-electron chi connectivity index (χ0n) is 16.4. The molecule has 2 amide bonds. The summed E-state index contributed by atoms with van der Waals surface area (Å²) in [7, 11) is 3.79. The van der Waals surface area contributed by atoms with E-state index in [9.17, 15) is 9.59 Å². The number of fused-ring (bicyclic) bond motifs is 2. The number of anilines is 1. The first-order valence-corrected chi connectivity index (χ1v) is 9.52. The maximum absolute atomic E-state index is 12.8. The number of aryl methyl sites for hydroxylation is 1. The third kappa shape index (κ3) is 5.03. The number of hydrogen-bond acceptors (Lipinski definition) is 6. The normalized spacial score (nSPS) is 16.6. The summed E-state index contributed by atoms with van der Waals surface area (Å²) >= 11 is 0. The van der Waals surface area contributed by atoms with Crippen molar-refractivity contribution in [2.75, 3.05) is 45.2 Å². The minimum absolute atomic E-state index is 0.0247. The van der Waals surface area contributed by atoms with Crippen molar-refractivity contribution in [1.82, 2.24) is 24.8 Å². The lowest BCUT2D eigenvalue weighted by Crippen LogP contribution is -2.43. The van der Waals surface area contributed by atoms with Gasteiger partial charge in [0.2, 0.25) is 11.7 Å². The van der Waals surface area contributed by atoms with Gasteiger partial charge in [0.1, 0.15) is 12.4 Å². The summed E-state index contributed by atoms with van der Waals surface area (Å²) in [4.78, 5) is 43.6. The molecular formula is C20H26N6O2. The molecule has 3 rings (SSSR count). The minimum Gasteiger partial charge on any atom is -0.360 e. The zero-order valence-corrected chi connectivity index (χ0v) is 16.4. The van der Waals surface area contributed by atoms with Gasteiger partial charge in [-0.15, -0.1) is 0 Å². The fourth-order valence-electron chi connectivity index (χ4n) is 3.14. The van der Waals surface area contributed by atoms with Crippen LogP contribution in [0.1, 0.15) is 29.2 Å². The number of hydrogen-bond donors (Lipinski definition) is 0. The Hall–Kier alpha value is -3.03. The van der Waals surface area contributed by atoms with E-state index in [4.69, 9.17) is 4.98 Å². The lowest BCUT2D eigenvalue weighted by molar-refractivity contribution is -0.130. The van der Waals surface area contributed by atoms with E-state index in [2.05, 4.69) is 14.9 Å². The molecular weight excluding hydrogens is 356 g/mol. The van der Waals surface area contributed by atoms with Crippen LogP contribution in [0.5, 0.6) is 0 Å². The first-order valence-electron chi connectivity index (χ1n) is 9.52. The Balaban J connectivity index is 1.80. The maximum Gasteiger partial charge on any atom is 0.292 e. The van der Waals surface area contributed by atoms with E-state index in [1.807, 2.05) is 25.2 Å². The fraction of sp³-hybridized carbons (Fsp3) is 0.450. The van der Waals surface area contributed by atoms with Crippen LogP contribution in [0.2, 0.25) is 0 Å². The Kier molecular flexibility index (Phi) is 6.52. The van der Waals surface area contributed by atoms with Crippen LogP contribution in [0, 0.1) is 0 Å². The molecule has 8 heteroatoms. The van der Waals surface area contributed by atoms with Gasteiger partial charge in [-0.2, -0.15) is 0 Å². The van der Waals surface area contributed by atoms with Crippen molar-refractivity contribution >= 4 is 17.6 Å². The molecule has 0 N–H and O–H groups in total. The summed E-state index contributed by atoms with van der Waals surface area (Å²) < 4.78 is 0. The molecule has 0 spiro atoms. The Labute approximate surface area is 165 Å². The van der Waals surface area contributed by atoms with Gasteiger partial charge in [0.05, 0.1) is 0 Å². The molecule has 148 valence electrons. The molecule has 1 aliphatic heterocycles. The van der Waals surface area contributed by atoms with Gasteiger partial charge < -0.3 is 14.7 Å². The number of amides is 2. The highest BCUT2D eigenvalue weighted by Gasteiger charge is 2.22. The van der Waals surface area contributed by atoms with Crippen LogP contribution in [-0.2, 0) is 11.2 Å². The fourth-order valence-corrected chi connectivity index (χ4v) is 3.14. The predicted octanol–water partition coefficient (Wildman–Crippen LogP) is 1.24. The Morgan fingerprint density at radius 3 is 2.50 bits per heavy atom. The van der Waals surface area contributed by atoms with Gasteiger partial charge in [0.15, 0.2) is 0 Å². The summed E-state index contributed by atoms with van der Waals surface area (Å²) in [6.07, 6.45) is 5.32. The van der Waals surface area contributed by atoms with Crippen molar-refractivity contribution in [2.45, 2.75) is 19.3 Å². The Morgan fingerprint density at radius 2 is 1.71 bits per heavy atom. The van der Waals surface area contributed by atoms with Crippen molar-refractivity contribution in [1.29, 1.82) is 0 Å². The summed E-state index contributed by atoms with van der Waals surface area (Å²) in [6, 6.07) is 7.66. The number of aromatic nitrogens is 3. The largest absolute Gasteiger partial charge is 0.360 e. The average molecular weight is 382 g/mol. The zero-order chi connectivity index (χ0) is 19.9. The molecule has 0 aliphatic carbocycles.